The predicted octanol–water partition coefficient (Wildman–Crippen LogP) is 1.64. The molecule has 1 saturated carbocycles. The van der Waals surface area contributed by atoms with Crippen LogP contribution in [0.25, 0.3) is 0 Å². The van der Waals surface area contributed by atoms with E-state index in [1.165, 1.54) is 0 Å². The molecule has 0 aromatic rings. The monoisotopic (exact) mass is 425 g/mol. The molecule has 1 rings (SSSR count). The number of carbonyl (C=O) groups excluding carboxylic acids is 2. The molecule has 0 bridgehead atoms. The molecular weight excluding hydrogens is 386 g/mol. The quantitative estimate of drug-likeness (QED) is 0.200. The van der Waals surface area contributed by atoms with Crippen LogP contribution in [0, 0.1) is 11.8 Å². The van der Waals surface area contributed by atoms with Crippen LogP contribution in [0.5, 0.6) is 0 Å². The normalized spacial score (nSPS) is 23.1. The Balaban J connectivity index is 2.40. The molecule has 7 nitrogen and oxygen atoms in total. The summed E-state index contributed by atoms with van der Waals surface area (Å²) in [6.07, 6.45) is 12.2. The van der Waals surface area contributed by atoms with Gasteiger partial charge in [-0.3, -0.25) is 9.59 Å². The fraction of sp³-hybridized carbons (Fsp3) is 0.739. The Bertz CT molecular complexity index is 558. The van der Waals surface area contributed by atoms with Gasteiger partial charge in [-0.1, -0.05) is 50.5 Å². The zero-order valence-corrected chi connectivity index (χ0v) is 18.1. The van der Waals surface area contributed by atoms with Crippen LogP contribution in [-0.2, 0) is 9.59 Å². The lowest BCUT2D eigenvalue weighted by molar-refractivity contribution is -0.122. The first-order valence-corrected chi connectivity index (χ1v) is 11.2. The van der Waals surface area contributed by atoms with Crippen molar-refractivity contribution in [1.29, 1.82) is 0 Å². The van der Waals surface area contributed by atoms with Gasteiger partial charge in [-0.2, -0.15) is 0 Å². The first-order chi connectivity index (χ1) is 14.4. The number of rotatable bonds is 15. The molecule has 1 fully saturated rings. The highest BCUT2D eigenvalue weighted by Gasteiger charge is 2.39. The highest BCUT2D eigenvalue weighted by molar-refractivity contribution is 5.84. The summed E-state index contributed by atoms with van der Waals surface area (Å²) < 4.78 is 0. The summed E-state index contributed by atoms with van der Waals surface area (Å²) in [4.78, 5) is 23.9. The number of unbranched alkanes of at least 4 members (excludes halogenated alkanes) is 3. The van der Waals surface area contributed by atoms with Gasteiger partial charge >= 0.3 is 0 Å². The van der Waals surface area contributed by atoms with Gasteiger partial charge in [0.1, 0.15) is 5.78 Å². The van der Waals surface area contributed by atoms with E-state index in [2.05, 4.69) is 12.2 Å². The highest BCUT2D eigenvalue weighted by atomic mass is 16.3. The van der Waals surface area contributed by atoms with Gasteiger partial charge in [0.2, 0.25) is 5.91 Å². The Morgan fingerprint density at radius 1 is 1.20 bits per heavy atom. The van der Waals surface area contributed by atoms with Crippen molar-refractivity contribution in [3.63, 3.8) is 0 Å². The molecule has 1 aliphatic rings. The average molecular weight is 426 g/mol. The second-order valence-corrected chi connectivity index (χ2v) is 8.10. The molecule has 1 amide bonds. The third-order valence-electron chi connectivity index (χ3n) is 5.53. The first-order valence-electron chi connectivity index (χ1n) is 11.2. The Labute approximate surface area is 179 Å². The van der Waals surface area contributed by atoms with Crippen molar-refractivity contribution >= 4 is 11.7 Å². The SMILES string of the molecule is CCCCC[C@H](O)C=C[C@H]1[C@H](O)CC(=O)[C@@H]1CC=CCCCC(=O)NC(CO)CO. The topological polar surface area (TPSA) is 127 Å². The maximum atomic E-state index is 12.2. The number of aliphatic hydroxyl groups is 4. The zero-order valence-electron chi connectivity index (χ0n) is 18.1. The minimum absolute atomic E-state index is 0.0423. The Hall–Kier alpha value is -1.54. The molecule has 1 aliphatic carbocycles. The van der Waals surface area contributed by atoms with Gasteiger partial charge in [0.25, 0.3) is 0 Å². The molecule has 0 aliphatic heterocycles. The number of hydrogen-bond donors (Lipinski definition) is 5. The van der Waals surface area contributed by atoms with Crippen LogP contribution in [0.1, 0.15) is 64.7 Å². The van der Waals surface area contributed by atoms with E-state index >= 15 is 0 Å². The first kappa shape index (κ1) is 26.5. The van der Waals surface area contributed by atoms with Crippen LogP contribution in [-0.4, -0.2) is 63.6 Å². The number of hydrogen-bond acceptors (Lipinski definition) is 6. The van der Waals surface area contributed by atoms with E-state index in [0.29, 0.717) is 32.1 Å². The van der Waals surface area contributed by atoms with E-state index in [1.807, 2.05) is 12.2 Å². The summed E-state index contributed by atoms with van der Waals surface area (Å²) in [5, 5.41) is 40.7. The molecule has 0 spiro atoms. The lowest BCUT2D eigenvalue weighted by Crippen LogP contribution is -2.39. The minimum Gasteiger partial charge on any atom is -0.394 e. The van der Waals surface area contributed by atoms with Crippen LogP contribution in [0.3, 0.4) is 0 Å². The second-order valence-electron chi connectivity index (χ2n) is 8.10. The largest absolute Gasteiger partial charge is 0.394 e. The molecule has 0 heterocycles. The van der Waals surface area contributed by atoms with E-state index in [1.54, 1.807) is 12.2 Å². The number of allylic oxidation sites excluding steroid dienone is 2. The summed E-state index contributed by atoms with van der Waals surface area (Å²) in [6.45, 7) is 1.52. The molecule has 0 aromatic heterocycles. The Kier molecular flexibility index (Phi) is 13.5. The maximum Gasteiger partial charge on any atom is 0.220 e. The molecule has 4 atom stereocenters. The molecule has 0 saturated heterocycles. The van der Waals surface area contributed by atoms with Crippen LogP contribution in [0.4, 0.5) is 0 Å². The van der Waals surface area contributed by atoms with Crippen molar-refractivity contribution < 1.29 is 30.0 Å². The Morgan fingerprint density at radius 2 is 1.93 bits per heavy atom. The van der Waals surface area contributed by atoms with Crippen molar-refractivity contribution in [2.75, 3.05) is 13.2 Å². The molecule has 0 unspecified atom stereocenters. The van der Waals surface area contributed by atoms with Crippen LogP contribution in [0.15, 0.2) is 24.3 Å². The van der Waals surface area contributed by atoms with Gasteiger partial charge in [0.05, 0.1) is 31.5 Å². The Morgan fingerprint density at radius 3 is 2.60 bits per heavy atom. The predicted molar refractivity (Wildman–Crippen MR) is 116 cm³/mol. The lowest BCUT2D eigenvalue weighted by Gasteiger charge is -2.16. The smallest absolute Gasteiger partial charge is 0.220 e. The van der Waals surface area contributed by atoms with Crippen molar-refractivity contribution in [1.82, 2.24) is 5.32 Å². The highest BCUT2D eigenvalue weighted by Crippen LogP contribution is 2.33. The van der Waals surface area contributed by atoms with E-state index in [-0.39, 0.29) is 43.2 Å². The van der Waals surface area contributed by atoms with Gasteiger partial charge in [-0.05, 0) is 25.7 Å². The molecule has 172 valence electrons. The molecule has 30 heavy (non-hydrogen) atoms. The summed E-state index contributed by atoms with van der Waals surface area (Å²) in [6, 6.07) is -0.622. The molecule has 7 heteroatoms. The summed E-state index contributed by atoms with van der Waals surface area (Å²) in [5.74, 6) is -0.731. The lowest BCUT2D eigenvalue weighted by atomic mass is 9.90. The van der Waals surface area contributed by atoms with Crippen LogP contribution in [0.2, 0.25) is 0 Å². The minimum atomic E-state index is -0.704. The van der Waals surface area contributed by atoms with Gasteiger partial charge in [0, 0.05) is 24.7 Å². The van der Waals surface area contributed by atoms with Gasteiger partial charge in [0.15, 0.2) is 0 Å². The number of amides is 1. The summed E-state index contributed by atoms with van der Waals surface area (Å²) >= 11 is 0. The number of aliphatic hydroxyl groups excluding tert-OH is 4. The van der Waals surface area contributed by atoms with Crippen LogP contribution < -0.4 is 5.32 Å². The van der Waals surface area contributed by atoms with Gasteiger partial charge in [-0.25, -0.2) is 0 Å². The summed E-state index contributed by atoms with van der Waals surface area (Å²) in [5.41, 5.74) is 0. The molecule has 0 radical (unpaired) electrons. The van der Waals surface area contributed by atoms with Gasteiger partial charge < -0.3 is 25.7 Å². The molecular formula is C23H39NO6. The van der Waals surface area contributed by atoms with Crippen molar-refractivity contribution in [3.8, 4) is 0 Å². The van der Waals surface area contributed by atoms with Crippen molar-refractivity contribution in [3.05, 3.63) is 24.3 Å². The average Bonchev–Trinajstić information content (AvgIpc) is 2.99. The number of nitrogens with one attached hydrogen (secondary N) is 1. The third kappa shape index (κ3) is 9.98. The standard InChI is InChI=1S/C23H39NO6/c1-2-3-6-9-18(27)12-13-20-19(21(28)14-22(20)29)10-7-4-5-8-11-23(30)24-17(15-25)16-26/h4,7,12-13,17-20,22,25-27,29H,2-3,5-6,8-11,14-16H2,1H3,(H,24,30)/t18-,19+,20+,22+/m0/s1. The van der Waals surface area contributed by atoms with Crippen molar-refractivity contribution in [2.24, 2.45) is 11.8 Å². The zero-order chi connectivity index (χ0) is 22.4. The molecule has 0 aromatic carbocycles. The van der Waals surface area contributed by atoms with Gasteiger partial charge in [-0.15, -0.1) is 0 Å². The van der Waals surface area contributed by atoms with Crippen molar-refractivity contribution in [2.45, 2.75) is 83.0 Å². The second kappa shape index (κ2) is 15.3. The number of Topliss-reactive ketones (excluding diaryl/α,β-unsaturated/α-hetero) is 1. The van der Waals surface area contributed by atoms with Crippen LogP contribution >= 0.6 is 0 Å². The van der Waals surface area contributed by atoms with E-state index in [4.69, 9.17) is 10.2 Å². The van der Waals surface area contributed by atoms with E-state index in [0.717, 1.165) is 19.3 Å². The molecule has 5 N–H and O–H groups in total. The fourth-order valence-electron chi connectivity index (χ4n) is 3.67. The van der Waals surface area contributed by atoms with E-state index < -0.39 is 18.2 Å². The number of ketones is 1. The third-order valence-corrected chi connectivity index (χ3v) is 5.53. The summed E-state index contributed by atoms with van der Waals surface area (Å²) in [7, 11) is 0. The maximum absolute atomic E-state index is 12.2. The fourth-order valence-corrected chi connectivity index (χ4v) is 3.67. The number of carbonyl (C=O) groups is 2. The van der Waals surface area contributed by atoms with E-state index in [9.17, 15) is 19.8 Å².